The van der Waals surface area contributed by atoms with E-state index in [0.717, 1.165) is 70.1 Å². The molecule has 0 bridgehead atoms. The molecule has 5 aliphatic heterocycles. The van der Waals surface area contributed by atoms with Crippen molar-refractivity contribution in [3.63, 3.8) is 0 Å². The highest BCUT2D eigenvalue weighted by Crippen LogP contribution is 2.44. The Labute approximate surface area is 377 Å². The molecule has 346 valence electrons. The number of hydrazone groups is 1. The summed E-state index contributed by atoms with van der Waals surface area (Å²) in [5.74, 6) is 0.524. The van der Waals surface area contributed by atoms with Crippen LogP contribution in [0.1, 0.15) is 105 Å². The number of likely N-dealkylation sites (tertiary alicyclic amines) is 1. The topological polar surface area (TPSA) is 178 Å². The van der Waals surface area contributed by atoms with Crippen LogP contribution in [0.3, 0.4) is 0 Å². The highest BCUT2D eigenvalue weighted by molar-refractivity contribution is 5.93. The van der Waals surface area contributed by atoms with Crippen LogP contribution < -0.4 is 15.5 Å². The number of carbonyl (C=O) groups excluding carboxylic acids is 3. The van der Waals surface area contributed by atoms with Gasteiger partial charge in [-0.15, -0.1) is 0 Å². The molecule has 0 aliphatic carbocycles. The Morgan fingerprint density at radius 1 is 1.08 bits per heavy atom. The number of nitrogens with one attached hydrogen (secondary N) is 2. The molecule has 65 heavy (non-hydrogen) atoms. The highest BCUT2D eigenvalue weighted by atomic mass is 19.3. The summed E-state index contributed by atoms with van der Waals surface area (Å²) in [6.07, 6.45) is 4.66. The fraction of sp³-hybridized carbons (Fsp3) is 0.532. The van der Waals surface area contributed by atoms with Crippen molar-refractivity contribution in [3.05, 3.63) is 81.3 Å². The quantitative estimate of drug-likeness (QED) is 0.121. The first-order chi connectivity index (χ1) is 31.3. The van der Waals surface area contributed by atoms with Crippen molar-refractivity contribution >= 4 is 52.0 Å². The molecule has 3 unspecified atom stereocenters. The highest BCUT2D eigenvalue weighted by Gasteiger charge is 2.39. The SMILES string of the molecule is CC(=O)N1CCc2c(c(N3CCCc4cc(C5(C)C=NN(C)C5)c(C(F)F)cc43)nn2C2CCN(C(=O)CCCNc3ccc(CN([O-])C4CCC(=O)NC4O)c4ncccc34)CC2)C1. The number of rotatable bonds is 12. The number of halogens is 2. The van der Waals surface area contributed by atoms with Gasteiger partial charge in [-0.2, -0.15) is 10.2 Å². The van der Waals surface area contributed by atoms with E-state index in [4.69, 9.17) is 5.10 Å². The summed E-state index contributed by atoms with van der Waals surface area (Å²) in [6, 6.07) is 10.4. The maximum absolute atomic E-state index is 14.9. The molecule has 4 aromatic rings. The van der Waals surface area contributed by atoms with Crippen molar-refractivity contribution in [1.29, 1.82) is 0 Å². The fourth-order valence-corrected chi connectivity index (χ4v) is 10.5. The minimum atomic E-state index is -2.67. The number of hydroxylamine groups is 2. The van der Waals surface area contributed by atoms with Crippen molar-refractivity contribution in [2.45, 2.75) is 115 Å². The standard InChI is InChI=1S/C47H58F2N11O5/c1-29(61)57-22-16-38-35(26-57)45(58-19-6-7-30-23-36(34(44(48)49)24-40(30)58)47(2)27-52-55(3)28-47)54-60(38)32-14-20-56(21-15-32)42(63)9-5-17-50-37-11-10-31(43-33(37)8-4-18-51-43)25-59(65)39-12-13-41(62)53-46(39)64/h4,8,10-11,18,23-24,27,32,39,44,46,50,64H,5-7,9,12-17,19-22,25-26,28H2,1-3H3,(H,53,62)/q-1. The number of nitrogens with zero attached hydrogens (tertiary/aromatic N) is 9. The second-order valence-corrected chi connectivity index (χ2v) is 18.5. The van der Waals surface area contributed by atoms with E-state index in [2.05, 4.69) is 30.3 Å². The summed E-state index contributed by atoms with van der Waals surface area (Å²) in [6.45, 7) is 7.39. The second-order valence-electron chi connectivity index (χ2n) is 18.5. The van der Waals surface area contributed by atoms with E-state index in [-0.39, 0.29) is 48.7 Å². The molecule has 2 aromatic heterocycles. The minimum Gasteiger partial charge on any atom is -0.785 e. The summed E-state index contributed by atoms with van der Waals surface area (Å²) in [5, 5.41) is 42.3. The van der Waals surface area contributed by atoms with E-state index >= 15 is 0 Å². The molecule has 2 saturated heterocycles. The summed E-state index contributed by atoms with van der Waals surface area (Å²) in [7, 11) is 1.85. The van der Waals surface area contributed by atoms with Crippen LogP contribution in [0.2, 0.25) is 0 Å². The van der Waals surface area contributed by atoms with Crippen LogP contribution in [0.4, 0.5) is 26.0 Å². The molecular weight excluding hydrogens is 837 g/mol. The van der Waals surface area contributed by atoms with Gasteiger partial charge in [0.15, 0.2) is 5.82 Å². The molecule has 5 aliphatic rings. The number of hydrogen-bond donors (Lipinski definition) is 3. The number of carbonyl (C=O) groups is 3. The smallest absolute Gasteiger partial charge is 0.264 e. The predicted octanol–water partition coefficient (Wildman–Crippen LogP) is 5.50. The molecule has 3 amide bonds. The molecule has 2 fully saturated rings. The zero-order valence-electron chi connectivity index (χ0n) is 37.3. The molecule has 0 radical (unpaired) electrons. The van der Waals surface area contributed by atoms with Crippen LogP contribution in [0, 0.1) is 5.21 Å². The summed E-state index contributed by atoms with van der Waals surface area (Å²) < 4.78 is 31.9. The normalized spacial score (nSPS) is 22.5. The molecule has 18 heteroatoms. The first kappa shape index (κ1) is 44.5. The molecule has 16 nitrogen and oxygen atoms in total. The number of aromatic nitrogens is 3. The zero-order chi connectivity index (χ0) is 45.6. The van der Waals surface area contributed by atoms with Gasteiger partial charge in [0, 0.05) is 130 Å². The number of hydrogen-bond acceptors (Lipinski definition) is 12. The number of aliphatic hydroxyl groups is 1. The van der Waals surface area contributed by atoms with Crippen molar-refractivity contribution in [3.8, 4) is 0 Å². The van der Waals surface area contributed by atoms with Crippen LogP contribution in [0.15, 0.2) is 47.7 Å². The van der Waals surface area contributed by atoms with E-state index in [1.807, 2.05) is 54.1 Å². The molecule has 9 rings (SSSR count). The van der Waals surface area contributed by atoms with Gasteiger partial charge in [0.2, 0.25) is 17.7 Å². The van der Waals surface area contributed by atoms with Crippen LogP contribution in [-0.2, 0) is 45.7 Å². The lowest BCUT2D eigenvalue weighted by atomic mass is 9.79. The Morgan fingerprint density at radius 3 is 2.63 bits per heavy atom. The van der Waals surface area contributed by atoms with Crippen LogP contribution in [0.25, 0.3) is 10.9 Å². The Balaban J connectivity index is 0.851. The summed E-state index contributed by atoms with van der Waals surface area (Å²) in [5.41, 5.74) is 5.98. The average molecular weight is 895 g/mol. The molecule has 3 atom stereocenters. The van der Waals surface area contributed by atoms with Crippen LogP contribution in [0.5, 0.6) is 0 Å². The molecule has 3 N–H and O–H groups in total. The predicted molar refractivity (Wildman–Crippen MR) is 243 cm³/mol. The van der Waals surface area contributed by atoms with E-state index in [1.54, 1.807) is 30.4 Å². The Kier molecular flexibility index (Phi) is 12.5. The van der Waals surface area contributed by atoms with Gasteiger partial charge < -0.3 is 40.7 Å². The Morgan fingerprint density at radius 2 is 1.89 bits per heavy atom. The van der Waals surface area contributed by atoms with Gasteiger partial charge in [0.25, 0.3) is 6.43 Å². The van der Waals surface area contributed by atoms with Gasteiger partial charge >= 0.3 is 0 Å². The van der Waals surface area contributed by atoms with Gasteiger partial charge in [-0.3, -0.25) is 29.1 Å². The summed E-state index contributed by atoms with van der Waals surface area (Å²) >= 11 is 0. The Bertz CT molecular complexity index is 2490. The number of fused-ring (bicyclic) bond motifs is 3. The zero-order valence-corrected chi connectivity index (χ0v) is 37.3. The molecule has 0 saturated carbocycles. The number of aliphatic hydroxyl groups excluding tert-OH is 1. The Hall–Kier alpha value is -5.72. The number of amides is 3. The molecular formula is C47H58F2N11O5-. The number of benzene rings is 2. The average Bonchev–Trinajstić information content (AvgIpc) is 3.86. The largest absolute Gasteiger partial charge is 0.785 e. The maximum Gasteiger partial charge on any atom is 0.264 e. The number of aryl methyl sites for hydroxylation is 1. The fourth-order valence-electron chi connectivity index (χ4n) is 10.5. The third-order valence-corrected chi connectivity index (χ3v) is 14.0. The lowest BCUT2D eigenvalue weighted by molar-refractivity contribution is -0.132. The van der Waals surface area contributed by atoms with E-state index in [9.17, 15) is 33.5 Å². The van der Waals surface area contributed by atoms with E-state index in [1.165, 1.54) is 0 Å². The number of piperidine rings is 2. The molecule has 2 aromatic carbocycles. The van der Waals surface area contributed by atoms with Crippen molar-refractivity contribution in [1.82, 2.24) is 40.0 Å². The monoisotopic (exact) mass is 894 g/mol. The first-order valence-corrected chi connectivity index (χ1v) is 22.9. The van der Waals surface area contributed by atoms with Crippen molar-refractivity contribution < 1.29 is 28.3 Å². The van der Waals surface area contributed by atoms with Gasteiger partial charge in [-0.25, -0.2) is 8.78 Å². The molecule has 7 heterocycles. The lowest BCUT2D eigenvalue weighted by Crippen LogP contribution is -2.53. The van der Waals surface area contributed by atoms with E-state index in [0.29, 0.717) is 81.7 Å². The summed E-state index contributed by atoms with van der Waals surface area (Å²) in [4.78, 5) is 48.3. The number of alkyl halides is 2. The number of likely N-dealkylation sites (N-methyl/N-ethyl adjacent to an activating group) is 1. The lowest BCUT2D eigenvalue weighted by Gasteiger charge is -2.42. The van der Waals surface area contributed by atoms with Gasteiger partial charge in [0.1, 0.15) is 6.23 Å². The van der Waals surface area contributed by atoms with Crippen LogP contribution >= 0.6 is 0 Å². The third-order valence-electron chi connectivity index (χ3n) is 14.0. The number of pyridine rings is 1. The molecule has 0 spiro atoms. The van der Waals surface area contributed by atoms with Crippen molar-refractivity contribution in [2.24, 2.45) is 5.10 Å². The minimum absolute atomic E-state index is 0.00580. The van der Waals surface area contributed by atoms with Crippen LogP contribution in [-0.4, -0.2) is 122 Å². The van der Waals surface area contributed by atoms with Gasteiger partial charge in [0.05, 0.1) is 24.6 Å². The second kappa shape index (κ2) is 18.3. The first-order valence-electron chi connectivity index (χ1n) is 22.9. The van der Waals surface area contributed by atoms with E-state index < -0.39 is 24.1 Å². The maximum atomic E-state index is 14.9. The van der Waals surface area contributed by atoms with Gasteiger partial charge in [-0.1, -0.05) is 12.1 Å². The van der Waals surface area contributed by atoms with Gasteiger partial charge in [-0.05, 0) is 86.4 Å². The van der Waals surface area contributed by atoms with Crippen molar-refractivity contribution in [2.75, 3.05) is 56.5 Å². The third kappa shape index (κ3) is 8.87. The number of anilines is 3.